The Bertz CT molecular complexity index is 1470. The minimum absolute atomic E-state index is 0.307. The number of methoxy groups -OCH3 is 1. The van der Waals surface area contributed by atoms with E-state index in [-0.39, 0.29) is 0 Å². The standard InChI is InChI=1S/C26H26N6O3/c1-35-23-5-3-17(11-30-23)16-2-4-18-19-12-29-13-20(25(27)34)24(19)32(21(18)10-16)31-9-6-22(33)26(15-31)7-8-28-14-26/h2-5,10-13,28H,6-9,14-15H2,1H3,(H2,27,34)/t26-/m1/s1. The Kier molecular flexibility index (Phi) is 4.96. The van der Waals surface area contributed by atoms with Gasteiger partial charge in [-0.05, 0) is 30.7 Å². The minimum Gasteiger partial charge on any atom is -0.481 e. The number of hydrogen-bond donors (Lipinski definition) is 2. The van der Waals surface area contributed by atoms with Crippen LogP contribution in [0.4, 0.5) is 0 Å². The maximum Gasteiger partial charge on any atom is 0.252 e. The Labute approximate surface area is 201 Å². The van der Waals surface area contributed by atoms with E-state index in [0.29, 0.717) is 43.3 Å². The second kappa shape index (κ2) is 8.06. The van der Waals surface area contributed by atoms with E-state index >= 15 is 0 Å². The Morgan fingerprint density at radius 1 is 1.14 bits per heavy atom. The Hall–Kier alpha value is -3.98. The number of pyridine rings is 2. The number of ketones is 1. The summed E-state index contributed by atoms with van der Waals surface area (Å²) in [7, 11) is 1.59. The van der Waals surface area contributed by atoms with Gasteiger partial charge in [-0.15, -0.1) is 0 Å². The zero-order valence-corrected chi connectivity index (χ0v) is 19.5. The zero-order chi connectivity index (χ0) is 24.2. The molecule has 1 spiro atoms. The van der Waals surface area contributed by atoms with E-state index in [1.165, 1.54) is 6.20 Å². The van der Waals surface area contributed by atoms with Crippen LogP contribution >= 0.6 is 0 Å². The number of Topliss-reactive ketones (excluding diaryl/α,β-unsaturated/α-hetero) is 1. The molecule has 0 bridgehead atoms. The van der Waals surface area contributed by atoms with E-state index in [4.69, 9.17) is 10.5 Å². The first-order valence-corrected chi connectivity index (χ1v) is 11.7. The first-order chi connectivity index (χ1) is 17.0. The normalized spacial score (nSPS) is 20.3. The molecule has 1 atom stereocenters. The van der Waals surface area contributed by atoms with Gasteiger partial charge in [-0.3, -0.25) is 19.2 Å². The highest BCUT2D eigenvalue weighted by atomic mass is 16.5. The zero-order valence-electron chi connectivity index (χ0n) is 19.5. The quantitative estimate of drug-likeness (QED) is 0.470. The van der Waals surface area contributed by atoms with E-state index < -0.39 is 11.3 Å². The highest BCUT2D eigenvalue weighted by Crippen LogP contribution is 2.37. The van der Waals surface area contributed by atoms with Crippen molar-refractivity contribution in [2.45, 2.75) is 12.8 Å². The molecule has 0 unspecified atom stereocenters. The van der Waals surface area contributed by atoms with E-state index in [9.17, 15) is 9.59 Å². The number of aromatic nitrogens is 3. The summed E-state index contributed by atoms with van der Waals surface area (Å²) >= 11 is 0. The third-order valence-electron chi connectivity index (χ3n) is 7.39. The Morgan fingerprint density at radius 2 is 2.00 bits per heavy atom. The molecule has 1 amide bonds. The van der Waals surface area contributed by atoms with Crippen molar-refractivity contribution in [2.75, 3.05) is 38.3 Å². The number of amides is 1. The average Bonchev–Trinajstić information content (AvgIpc) is 3.48. The van der Waals surface area contributed by atoms with Crippen LogP contribution in [0, 0.1) is 5.41 Å². The maximum atomic E-state index is 13.0. The molecule has 9 heteroatoms. The van der Waals surface area contributed by atoms with Crippen molar-refractivity contribution in [2.24, 2.45) is 11.1 Å². The molecule has 2 saturated heterocycles. The second-order valence-corrected chi connectivity index (χ2v) is 9.35. The van der Waals surface area contributed by atoms with E-state index in [0.717, 1.165) is 45.9 Å². The van der Waals surface area contributed by atoms with Crippen LogP contribution in [0.1, 0.15) is 23.2 Å². The average molecular weight is 471 g/mol. The van der Waals surface area contributed by atoms with Crippen molar-refractivity contribution in [3.63, 3.8) is 0 Å². The van der Waals surface area contributed by atoms with Gasteiger partial charge in [-0.1, -0.05) is 12.1 Å². The molecule has 1 aromatic carbocycles. The highest BCUT2D eigenvalue weighted by molar-refractivity contribution is 6.15. The second-order valence-electron chi connectivity index (χ2n) is 9.35. The number of carbonyl (C=O) groups excluding carboxylic acids is 2. The molecule has 0 radical (unpaired) electrons. The number of piperidine rings is 1. The maximum absolute atomic E-state index is 13.0. The number of ether oxygens (including phenoxy) is 1. The predicted molar refractivity (Wildman–Crippen MR) is 133 cm³/mol. The summed E-state index contributed by atoms with van der Waals surface area (Å²) in [6.45, 7) is 2.64. The SMILES string of the molecule is COc1ccc(-c2ccc3c4cncc(C(N)=O)c4n(N4CCC(=O)[C@@]5(CCNC5)C4)c3c2)cn1. The molecule has 2 aliphatic heterocycles. The molecule has 0 aliphatic carbocycles. The van der Waals surface area contributed by atoms with Gasteiger partial charge in [0.05, 0.1) is 29.1 Å². The smallest absolute Gasteiger partial charge is 0.252 e. The molecule has 3 N–H and O–H groups in total. The highest BCUT2D eigenvalue weighted by Gasteiger charge is 2.45. The molecule has 5 heterocycles. The Balaban J connectivity index is 1.58. The van der Waals surface area contributed by atoms with Gasteiger partial charge in [-0.25, -0.2) is 4.98 Å². The van der Waals surface area contributed by atoms with Gasteiger partial charge in [0.1, 0.15) is 5.78 Å². The van der Waals surface area contributed by atoms with E-state index in [2.05, 4.69) is 31.0 Å². The van der Waals surface area contributed by atoms with Gasteiger partial charge in [0, 0.05) is 67.0 Å². The number of benzene rings is 1. The van der Waals surface area contributed by atoms with Crippen molar-refractivity contribution in [1.29, 1.82) is 0 Å². The summed E-state index contributed by atoms with van der Waals surface area (Å²) in [5.74, 6) is 0.327. The first kappa shape index (κ1) is 21.5. The summed E-state index contributed by atoms with van der Waals surface area (Å²) in [4.78, 5) is 34.0. The number of primary amides is 1. The van der Waals surface area contributed by atoms with Crippen LogP contribution in [0.2, 0.25) is 0 Å². The van der Waals surface area contributed by atoms with Crippen LogP contribution in [0.15, 0.2) is 48.9 Å². The van der Waals surface area contributed by atoms with Crippen LogP contribution in [-0.2, 0) is 4.79 Å². The topological polar surface area (TPSA) is 115 Å². The van der Waals surface area contributed by atoms with Gasteiger partial charge in [0.25, 0.3) is 5.91 Å². The van der Waals surface area contributed by atoms with Gasteiger partial charge in [0.15, 0.2) is 0 Å². The van der Waals surface area contributed by atoms with Crippen molar-refractivity contribution < 1.29 is 14.3 Å². The molecule has 3 aromatic heterocycles. The number of nitrogens with zero attached hydrogens (tertiary/aromatic N) is 4. The third kappa shape index (κ3) is 3.34. The van der Waals surface area contributed by atoms with Crippen LogP contribution in [0.3, 0.4) is 0 Å². The largest absolute Gasteiger partial charge is 0.481 e. The Morgan fingerprint density at radius 3 is 2.71 bits per heavy atom. The molecule has 2 fully saturated rings. The van der Waals surface area contributed by atoms with Gasteiger partial charge < -0.3 is 20.8 Å². The molecule has 6 rings (SSSR count). The number of rotatable bonds is 4. The lowest BCUT2D eigenvalue weighted by atomic mass is 9.78. The molecule has 35 heavy (non-hydrogen) atoms. The lowest BCUT2D eigenvalue weighted by molar-refractivity contribution is -0.128. The molecular formula is C26H26N6O3. The van der Waals surface area contributed by atoms with E-state index in [1.54, 1.807) is 19.5 Å². The fourth-order valence-corrected chi connectivity index (χ4v) is 5.56. The number of carbonyl (C=O) groups is 2. The third-order valence-corrected chi connectivity index (χ3v) is 7.39. The molecular weight excluding hydrogens is 444 g/mol. The van der Waals surface area contributed by atoms with Crippen molar-refractivity contribution in [3.8, 4) is 17.0 Å². The molecule has 0 saturated carbocycles. The van der Waals surface area contributed by atoms with Crippen LogP contribution in [0.5, 0.6) is 5.88 Å². The lowest BCUT2D eigenvalue weighted by Gasteiger charge is -2.41. The van der Waals surface area contributed by atoms with Crippen LogP contribution in [0.25, 0.3) is 32.9 Å². The predicted octanol–water partition coefficient (Wildman–Crippen LogP) is 2.25. The number of nitrogens with one attached hydrogen (secondary N) is 1. The van der Waals surface area contributed by atoms with Gasteiger partial charge >= 0.3 is 0 Å². The fraction of sp³-hybridized carbons (Fsp3) is 0.308. The first-order valence-electron chi connectivity index (χ1n) is 11.7. The summed E-state index contributed by atoms with van der Waals surface area (Å²) < 4.78 is 7.28. The molecule has 178 valence electrons. The molecule has 9 nitrogen and oxygen atoms in total. The summed E-state index contributed by atoms with van der Waals surface area (Å²) in [6, 6.07) is 9.98. The monoisotopic (exact) mass is 470 g/mol. The summed E-state index contributed by atoms with van der Waals surface area (Å²) in [6.07, 6.45) is 6.35. The molecule has 2 aliphatic rings. The van der Waals surface area contributed by atoms with Crippen LogP contribution < -0.4 is 20.8 Å². The minimum atomic E-state index is -0.530. The summed E-state index contributed by atoms with van der Waals surface area (Å²) in [5, 5.41) is 7.38. The van der Waals surface area contributed by atoms with Crippen molar-refractivity contribution >= 4 is 33.5 Å². The van der Waals surface area contributed by atoms with Gasteiger partial charge in [-0.2, -0.15) is 0 Å². The van der Waals surface area contributed by atoms with Crippen molar-refractivity contribution in [1.82, 2.24) is 20.0 Å². The van der Waals surface area contributed by atoms with Crippen molar-refractivity contribution in [3.05, 3.63) is 54.5 Å². The van der Waals surface area contributed by atoms with Crippen LogP contribution in [-0.4, -0.2) is 59.6 Å². The van der Waals surface area contributed by atoms with Gasteiger partial charge in [0.2, 0.25) is 5.88 Å². The number of hydrogen-bond acceptors (Lipinski definition) is 7. The van der Waals surface area contributed by atoms with E-state index in [1.807, 2.05) is 24.3 Å². The fourth-order valence-electron chi connectivity index (χ4n) is 5.56. The summed E-state index contributed by atoms with van der Waals surface area (Å²) in [5.41, 5.74) is 9.32. The number of fused-ring (bicyclic) bond motifs is 3. The lowest BCUT2D eigenvalue weighted by Crippen LogP contribution is -2.54. The number of nitrogens with two attached hydrogens (primary N) is 1. The molecule has 4 aromatic rings.